The lowest BCUT2D eigenvalue weighted by Crippen LogP contribution is -2.34. The van der Waals surface area contributed by atoms with Crippen LogP contribution in [-0.4, -0.2) is 60.5 Å². The van der Waals surface area contributed by atoms with Gasteiger partial charge in [-0.05, 0) is 64.2 Å². The number of aliphatic carboxylic acids is 1. The Balaban J connectivity index is 4.07. The fourth-order valence-electron chi connectivity index (χ4n) is 7.95. The highest BCUT2D eigenvalue weighted by molar-refractivity contribution is 7.47. The molecule has 0 aliphatic rings. The number of phosphoric acid groups is 1. The van der Waals surface area contributed by atoms with Crippen LogP contribution in [0.1, 0.15) is 271 Å². The standard InChI is InChI=1S/C54H104NO9P/c1-3-5-7-9-11-13-15-17-19-21-23-24-25-26-27-29-31-33-35-37-39-41-43-45-47-61-48-51(49-62-65(59,60)63-50-52(55)54(57)58)64-53(56)46-44-42-40-38-36-34-32-30-28-22-20-18-16-14-12-10-8-6-4-2/h18,20-21,23,51-52H,3-17,19,22,24-50,55H2,1-2H3,(H,57,58)(H,59,60)/b20-18-,23-21-. The van der Waals surface area contributed by atoms with Crippen molar-refractivity contribution < 1.29 is 42.7 Å². The lowest BCUT2D eigenvalue weighted by Gasteiger charge is -2.20. The van der Waals surface area contributed by atoms with Crippen LogP contribution in [0.15, 0.2) is 24.3 Å². The van der Waals surface area contributed by atoms with Crippen LogP contribution in [0.4, 0.5) is 0 Å². The van der Waals surface area contributed by atoms with Crippen molar-refractivity contribution in [1.29, 1.82) is 0 Å². The zero-order valence-corrected chi connectivity index (χ0v) is 43.2. The van der Waals surface area contributed by atoms with Crippen LogP contribution < -0.4 is 5.73 Å². The van der Waals surface area contributed by atoms with E-state index in [1.54, 1.807) is 0 Å². The van der Waals surface area contributed by atoms with Gasteiger partial charge in [-0.2, -0.15) is 0 Å². The molecule has 3 unspecified atom stereocenters. The molecule has 0 aromatic carbocycles. The molecule has 0 fully saturated rings. The second-order valence-corrected chi connectivity index (χ2v) is 20.2. The Labute approximate surface area is 400 Å². The highest BCUT2D eigenvalue weighted by Crippen LogP contribution is 2.43. The smallest absolute Gasteiger partial charge is 0.472 e. The van der Waals surface area contributed by atoms with Crippen molar-refractivity contribution in [2.24, 2.45) is 5.73 Å². The van der Waals surface area contributed by atoms with Gasteiger partial charge < -0.3 is 25.2 Å². The second-order valence-electron chi connectivity index (χ2n) is 18.7. The molecule has 65 heavy (non-hydrogen) atoms. The van der Waals surface area contributed by atoms with Crippen LogP contribution in [0.5, 0.6) is 0 Å². The summed E-state index contributed by atoms with van der Waals surface area (Å²) in [7, 11) is -4.62. The Bertz CT molecular complexity index is 1140. The molecule has 0 spiro atoms. The summed E-state index contributed by atoms with van der Waals surface area (Å²) < 4.78 is 33.6. The Morgan fingerprint density at radius 3 is 1.17 bits per heavy atom. The normalized spacial score (nSPS) is 13.8. The van der Waals surface area contributed by atoms with E-state index in [4.69, 9.17) is 29.4 Å². The average Bonchev–Trinajstić information content (AvgIpc) is 3.29. The maximum atomic E-state index is 12.7. The van der Waals surface area contributed by atoms with Gasteiger partial charge in [-0.15, -0.1) is 0 Å². The number of allylic oxidation sites excluding steroid dienone is 4. The van der Waals surface area contributed by atoms with Gasteiger partial charge in [0.15, 0.2) is 0 Å². The molecule has 4 N–H and O–H groups in total. The number of hydrogen-bond acceptors (Lipinski definition) is 8. The summed E-state index contributed by atoms with van der Waals surface area (Å²) in [5.74, 6) is -1.77. The molecule has 0 radical (unpaired) electrons. The minimum absolute atomic E-state index is 0.0198. The van der Waals surface area contributed by atoms with Crippen molar-refractivity contribution >= 4 is 19.8 Å². The average molecular weight is 942 g/mol. The first-order valence-electron chi connectivity index (χ1n) is 27.4. The summed E-state index contributed by atoms with van der Waals surface area (Å²) >= 11 is 0. The molecule has 0 heterocycles. The number of nitrogens with two attached hydrogens (primary N) is 1. The number of rotatable bonds is 53. The van der Waals surface area contributed by atoms with E-state index in [0.29, 0.717) is 13.0 Å². The number of carboxylic acids is 1. The molecule has 0 rings (SSSR count). The number of unbranched alkanes of at least 4 members (excludes halogenated alkanes) is 35. The van der Waals surface area contributed by atoms with E-state index in [1.807, 2.05) is 0 Å². The zero-order valence-electron chi connectivity index (χ0n) is 42.4. The summed E-state index contributed by atoms with van der Waals surface area (Å²) in [5, 5.41) is 8.94. The van der Waals surface area contributed by atoms with Crippen molar-refractivity contribution in [2.45, 2.75) is 283 Å². The second kappa shape index (κ2) is 50.3. The predicted octanol–water partition coefficient (Wildman–Crippen LogP) is 16.2. The Morgan fingerprint density at radius 2 is 0.800 bits per heavy atom. The van der Waals surface area contributed by atoms with E-state index in [0.717, 1.165) is 38.5 Å². The van der Waals surface area contributed by atoms with E-state index in [1.165, 1.54) is 205 Å². The van der Waals surface area contributed by atoms with Gasteiger partial charge in [-0.25, -0.2) is 4.57 Å². The maximum Gasteiger partial charge on any atom is 0.472 e. The van der Waals surface area contributed by atoms with Crippen LogP contribution in [0.3, 0.4) is 0 Å². The summed E-state index contributed by atoms with van der Waals surface area (Å²) in [5.41, 5.74) is 5.38. The molecule has 0 aromatic heterocycles. The third kappa shape index (κ3) is 50.2. The maximum absolute atomic E-state index is 12.7. The molecule has 384 valence electrons. The predicted molar refractivity (Wildman–Crippen MR) is 272 cm³/mol. The molecule has 11 heteroatoms. The topological polar surface area (TPSA) is 155 Å². The number of carbonyl (C=O) groups is 2. The number of ether oxygens (including phenoxy) is 2. The Kier molecular flexibility index (Phi) is 49.1. The summed E-state index contributed by atoms with van der Waals surface area (Å²) in [4.78, 5) is 33.7. The lowest BCUT2D eigenvalue weighted by atomic mass is 10.0. The minimum atomic E-state index is -4.62. The van der Waals surface area contributed by atoms with Crippen molar-refractivity contribution in [3.63, 3.8) is 0 Å². The van der Waals surface area contributed by atoms with Crippen LogP contribution in [0, 0.1) is 0 Å². The largest absolute Gasteiger partial charge is 0.480 e. The first-order valence-corrected chi connectivity index (χ1v) is 28.9. The van der Waals surface area contributed by atoms with Gasteiger partial charge in [-0.3, -0.25) is 18.6 Å². The van der Waals surface area contributed by atoms with Gasteiger partial charge >= 0.3 is 19.8 Å². The molecule has 10 nitrogen and oxygen atoms in total. The van der Waals surface area contributed by atoms with Crippen LogP contribution in [-0.2, 0) is 32.7 Å². The van der Waals surface area contributed by atoms with E-state index < -0.39 is 45.1 Å². The number of hydrogen-bond donors (Lipinski definition) is 3. The molecule has 3 atom stereocenters. The Hall–Kier alpha value is -1.55. The van der Waals surface area contributed by atoms with E-state index in [-0.39, 0.29) is 13.0 Å². The first-order chi connectivity index (χ1) is 31.7. The molecule has 0 aliphatic carbocycles. The molecule has 0 amide bonds. The number of carbonyl (C=O) groups excluding carboxylic acids is 1. The third-order valence-corrected chi connectivity index (χ3v) is 13.2. The fraction of sp³-hybridized carbons (Fsp3) is 0.889. The first kappa shape index (κ1) is 63.5. The van der Waals surface area contributed by atoms with Gasteiger partial charge in [-0.1, -0.05) is 224 Å². The molecular weight excluding hydrogens is 838 g/mol. The van der Waals surface area contributed by atoms with E-state index in [2.05, 4.69) is 38.2 Å². The number of esters is 1. The monoisotopic (exact) mass is 942 g/mol. The lowest BCUT2D eigenvalue weighted by molar-refractivity contribution is -0.154. The molecule has 0 bridgehead atoms. The highest BCUT2D eigenvalue weighted by Gasteiger charge is 2.27. The van der Waals surface area contributed by atoms with Crippen LogP contribution in [0.2, 0.25) is 0 Å². The van der Waals surface area contributed by atoms with Crippen molar-refractivity contribution in [3.8, 4) is 0 Å². The van der Waals surface area contributed by atoms with Crippen LogP contribution in [0.25, 0.3) is 0 Å². The molecule has 0 aromatic rings. The molecule has 0 saturated carbocycles. The third-order valence-electron chi connectivity index (χ3n) is 12.2. The quantitative estimate of drug-likeness (QED) is 0.0232. The summed E-state index contributed by atoms with van der Waals surface area (Å²) in [6, 6.07) is -1.47. The summed E-state index contributed by atoms with van der Waals surface area (Å²) in [6.45, 7) is 3.93. The van der Waals surface area contributed by atoms with Gasteiger partial charge in [0.05, 0.1) is 19.8 Å². The van der Waals surface area contributed by atoms with Gasteiger partial charge in [0.25, 0.3) is 0 Å². The fourth-order valence-corrected chi connectivity index (χ4v) is 8.73. The molecule has 0 aliphatic heterocycles. The SMILES string of the molecule is CCCCCCCC/C=C\CCCCCCCCCCCC(=O)OC(COCCCCCCCCCCCCCC/C=C\CCCCCCCCCC)COP(=O)(O)OCC(N)C(=O)O. The van der Waals surface area contributed by atoms with Gasteiger partial charge in [0.1, 0.15) is 12.1 Å². The van der Waals surface area contributed by atoms with E-state index >= 15 is 0 Å². The van der Waals surface area contributed by atoms with Gasteiger partial charge in [0.2, 0.25) is 0 Å². The number of phosphoric ester groups is 1. The molecular formula is C54H104NO9P. The van der Waals surface area contributed by atoms with Crippen LogP contribution >= 0.6 is 7.82 Å². The van der Waals surface area contributed by atoms with Crippen molar-refractivity contribution in [2.75, 3.05) is 26.4 Å². The number of carboxylic acid groups (broad SMARTS) is 1. The Morgan fingerprint density at radius 1 is 0.477 bits per heavy atom. The zero-order chi connectivity index (χ0) is 47.6. The van der Waals surface area contributed by atoms with Crippen molar-refractivity contribution in [3.05, 3.63) is 24.3 Å². The highest BCUT2D eigenvalue weighted by atomic mass is 31.2. The summed E-state index contributed by atoms with van der Waals surface area (Å²) in [6.07, 6.45) is 58.1. The van der Waals surface area contributed by atoms with Crippen molar-refractivity contribution in [1.82, 2.24) is 0 Å². The van der Waals surface area contributed by atoms with Gasteiger partial charge in [0, 0.05) is 13.0 Å². The van der Waals surface area contributed by atoms with E-state index in [9.17, 15) is 19.0 Å². The minimum Gasteiger partial charge on any atom is -0.480 e. The molecule has 0 saturated heterocycles.